The minimum absolute atomic E-state index is 0.0657. The quantitative estimate of drug-likeness (QED) is 0.725. The van der Waals surface area contributed by atoms with Crippen LogP contribution in [0.25, 0.3) is 0 Å². The van der Waals surface area contributed by atoms with E-state index in [0.29, 0.717) is 6.54 Å². The smallest absolute Gasteiger partial charge is 0.233 e. The van der Waals surface area contributed by atoms with Gasteiger partial charge in [0.25, 0.3) is 0 Å². The Kier molecular flexibility index (Phi) is 6.65. The fourth-order valence-electron chi connectivity index (χ4n) is 2.73. The van der Waals surface area contributed by atoms with Crippen molar-refractivity contribution in [3.63, 3.8) is 0 Å². The molecule has 5 heteroatoms. The van der Waals surface area contributed by atoms with Gasteiger partial charge in [0.15, 0.2) is 0 Å². The Bertz CT molecular complexity index is 481. The molecule has 1 aromatic rings. The Morgan fingerprint density at radius 3 is 2.95 bits per heavy atom. The van der Waals surface area contributed by atoms with Crippen LogP contribution in [0.1, 0.15) is 52.0 Å². The first-order valence-electron chi connectivity index (χ1n) is 8.34. The first-order valence-corrected chi connectivity index (χ1v) is 8.34. The molecule has 5 nitrogen and oxygen atoms in total. The molecule has 0 aromatic carbocycles. The lowest BCUT2D eigenvalue weighted by Gasteiger charge is -2.21. The van der Waals surface area contributed by atoms with Crippen LogP contribution in [0.15, 0.2) is 30.1 Å². The van der Waals surface area contributed by atoms with E-state index in [9.17, 15) is 4.79 Å². The lowest BCUT2D eigenvalue weighted by Crippen LogP contribution is -2.41. The highest BCUT2D eigenvalue weighted by atomic mass is 16.1. The number of carbonyl (C=O) groups excluding carboxylic acids is 1. The standard InChI is InChI=1S/C17H28N4O/c1-14(15(2)21-12-6-10-20-21)19-13-17(22)18-11-9-16-7-4-3-5-8-16/h6-7,10,12,14-15,19H,3-5,8-9,11,13H2,1-2H3,(H,18,22). The molecular formula is C17H28N4O. The van der Waals surface area contributed by atoms with Crippen LogP contribution in [0.5, 0.6) is 0 Å². The van der Waals surface area contributed by atoms with Gasteiger partial charge in [-0.1, -0.05) is 11.6 Å². The molecule has 0 saturated heterocycles. The predicted molar refractivity (Wildman–Crippen MR) is 88.6 cm³/mol. The lowest BCUT2D eigenvalue weighted by molar-refractivity contribution is -0.120. The second-order valence-corrected chi connectivity index (χ2v) is 6.10. The van der Waals surface area contributed by atoms with E-state index in [4.69, 9.17) is 0 Å². The van der Waals surface area contributed by atoms with Crippen LogP contribution in [-0.4, -0.2) is 34.8 Å². The van der Waals surface area contributed by atoms with Gasteiger partial charge in [0.05, 0.1) is 12.6 Å². The number of hydrogen-bond acceptors (Lipinski definition) is 3. The summed E-state index contributed by atoms with van der Waals surface area (Å²) in [6, 6.07) is 2.32. The van der Waals surface area contributed by atoms with E-state index in [-0.39, 0.29) is 18.0 Å². The molecule has 2 rings (SSSR count). The summed E-state index contributed by atoms with van der Waals surface area (Å²) >= 11 is 0. The van der Waals surface area contributed by atoms with E-state index in [1.807, 2.05) is 16.9 Å². The number of nitrogens with one attached hydrogen (secondary N) is 2. The fraction of sp³-hybridized carbons (Fsp3) is 0.647. The zero-order valence-corrected chi connectivity index (χ0v) is 13.7. The number of carbonyl (C=O) groups is 1. The van der Waals surface area contributed by atoms with E-state index in [2.05, 4.69) is 35.7 Å². The van der Waals surface area contributed by atoms with Crippen LogP contribution in [0.4, 0.5) is 0 Å². The van der Waals surface area contributed by atoms with Crippen molar-refractivity contribution in [2.45, 2.75) is 58.0 Å². The van der Waals surface area contributed by atoms with Crippen molar-refractivity contribution < 1.29 is 4.79 Å². The summed E-state index contributed by atoms with van der Waals surface area (Å²) in [7, 11) is 0. The summed E-state index contributed by atoms with van der Waals surface area (Å²) in [5, 5.41) is 10.5. The van der Waals surface area contributed by atoms with Gasteiger partial charge in [-0.25, -0.2) is 0 Å². The Labute approximate surface area is 133 Å². The van der Waals surface area contributed by atoms with Gasteiger partial charge in [-0.05, 0) is 52.0 Å². The van der Waals surface area contributed by atoms with Crippen LogP contribution >= 0.6 is 0 Å². The molecule has 122 valence electrons. The first kappa shape index (κ1) is 16.7. The van der Waals surface area contributed by atoms with Crippen LogP contribution in [0.2, 0.25) is 0 Å². The number of rotatable bonds is 8. The van der Waals surface area contributed by atoms with Crippen LogP contribution in [0, 0.1) is 0 Å². The van der Waals surface area contributed by atoms with Gasteiger partial charge >= 0.3 is 0 Å². The molecule has 1 amide bonds. The third-order valence-electron chi connectivity index (χ3n) is 4.40. The van der Waals surface area contributed by atoms with Crippen LogP contribution < -0.4 is 10.6 Å². The van der Waals surface area contributed by atoms with Crippen molar-refractivity contribution in [3.8, 4) is 0 Å². The van der Waals surface area contributed by atoms with E-state index < -0.39 is 0 Å². The molecule has 0 fully saturated rings. The largest absolute Gasteiger partial charge is 0.355 e. The maximum absolute atomic E-state index is 11.9. The Hall–Kier alpha value is -1.62. The SMILES string of the molecule is CC(NCC(=O)NCCC1=CCCCC1)C(C)n1cccn1. The van der Waals surface area contributed by atoms with Crippen molar-refractivity contribution in [1.82, 2.24) is 20.4 Å². The molecule has 2 unspecified atom stereocenters. The lowest BCUT2D eigenvalue weighted by atomic mass is 9.97. The molecule has 1 aromatic heterocycles. The molecule has 0 saturated carbocycles. The summed E-state index contributed by atoms with van der Waals surface area (Å²) in [5.74, 6) is 0.0657. The molecule has 0 aliphatic heterocycles. The highest BCUT2D eigenvalue weighted by Gasteiger charge is 2.14. The maximum Gasteiger partial charge on any atom is 0.233 e. The maximum atomic E-state index is 11.9. The van der Waals surface area contributed by atoms with Crippen molar-refractivity contribution in [2.75, 3.05) is 13.1 Å². The van der Waals surface area contributed by atoms with Gasteiger partial charge in [0.2, 0.25) is 5.91 Å². The van der Waals surface area contributed by atoms with Gasteiger partial charge in [-0.2, -0.15) is 5.10 Å². The number of hydrogen-bond donors (Lipinski definition) is 2. The normalized spacial score (nSPS) is 17.6. The molecule has 1 heterocycles. The second-order valence-electron chi connectivity index (χ2n) is 6.10. The zero-order chi connectivity index (χ0) is 15.8. The molecule has 0 spiro atoms. The minimum Gasteiger partial charge on any atom is -0.355 e. The van der Waals surface area contributed by atoms with E-state index in [0.717, 1.165) is 13.0 Å². The summed E-state index contributed by atoms with van der Waals surface area (Å²) < 4.78 is 1.91. The molecule has 2 N–H and O–H groups in total. The van der Waals surface area contributed by atoms with Crippen molar-refractivity contribution >= 4 is 5.91 Å². The van der Waals surface area contributed by atoms with Crippen LogP contribution in [0.3, 0.4) is 0 Å². The molecule has 1 aliphatic carbocycles. The van der Waals surface area contributed by atoms with Crippen molar-refractivity contribution in [1.29, 1.82) is 0 Å². The van der Waals surface area contributed by atoms with Gasteiger partial charge in [-0.3, -0.25) is 9.48 Å². The Balaban J connectivity index is 1.61. The zero-order valence-electron chi connectivity index (χ0n) is 13.7. The number of aromatic nitrogens is 2. The Morgan fingerprint density at radius 1 is 1.41 bits per heavy atom. The number of nitrogens with zero attached hydrogens (tertiary/aromatic N) is 2. The van der Waals surface area contributed by atoms with Crippen molar-refractivity contribution in [2.24, 2.45) is 0 Å². The summed E-state index contributed by atoms with van der Waals surface area (Å²) in [5.41, 5.74) is 1.50. The molecular weight excluding hydrogens is 276 g/mol. The molecule has 2 atom stereocenters. The minimum atomic E-state index is 0.0657. The molecule has 0 bridgehead atoms. The van der Waals surface area contributed by atoms with Gasteiger partial charge in [-0.15, -0.1) is 0 Å². The average molecular weight is 304 g/mol. The average Bonchev–Trinajstić information content (AvgIpc) is 3.07. The summed E-state index contributed by atoms with van der Waals surface area (Å²) in [6.45, 7) is 5.27. The van der Waals surface area contributed by atoms with E-state index in [1.165, 1.54) is 31.3 Å². The van der Waals surface area contributed by atoms with Gasteiger partial charge < -0.3 is 10.6 Å². The molecule has 22 heavy (non-hydrogen) atoms. The Morgan fingerprint density at radius 2 is 2.27 bits per heavy atom. The fourth-order valence-corrected chi connectivity index (χ4v) is 2.73. The number of amides is 1. The number of allylic oxidation sites excluding steroid dienone is 1. The highest BCUT2D eigenvalue weighted by Crippen LogP contribution is 2.19. The first-order chi connectivity index (χ1) is 10.7. The molecule has 1 aliphatic rings. The third-order valence-corrected chi connectivity index (χ3v) is 4.40. The third kappa shape index (κ3) is 5.30. The predicted octanol–water partition coefficient (Wildman–Crippen LogP) is 2.43. The van der Waals surface area contributed by atoms with Gasteiger partial charge in [0.1, 0.15) is 0 Å². The summed E-state index contributed by atoms with van der Waals surface area (Å²) in [4.78, 5) is 11.9. The van der Waals surface area contributed by atoms with E-state index in [1.54, 1.807) is 6.20 Å². The molecule has 0 radical (unpaired) electrons. The van der Waals surface area contributed by atoms with Crippen LogP contribution in [-0.2, 0) is 4.79 Å². The van der Waals surface area contributed by atoms with E-state index >= 15 is 0 Å². The topological polar surface area (TPSA) is 59.0 Å². The van der Waals surface area contributed by atoms with Crippen molar-refractivity contribution in [3.05, 3.63) is 30.1 Å². The summed E-state index contributed by atoms with van der Waals surface area (Å²) in [6.07, 6.45) is 12.1. The monoisotopic (exact) mass is 304 g/mol. The second kappa shape index (κ2) is 8.73. The highest BCUT2D eigenvalue weighted by molar-refractivity contribution is 5.78. The van der Waals surface area contributed by atoms with Gasteiger partial charge in [0, 0.05) is 25.0 Å².